The number of hydrogen-bond donors (Lipinski definition) is 1. The first-order valence-electron chi connectivity index (χ1n) is 6.19. The largest absolute Gasteiger partial charge is 0.503 e. The van der Waals surface area contributed by atoms with Crippen molar-refractivity contribution in [2.45, 2.75) is 13.8 Å². The highest BCUT2D eigenvalue weighted by molar-refractivity contribution is 9.10. The van der Waals surface area contributed by atoms with Crippen molar-refractivity contribution in [2.24, 2.45) is 4.99 Å². The van der Waals surface area contributed by atoms with Crippen LogP contribution in [0.4, 0.5) is 5.69 Å². The summed E-state index contributed by atoms with van der Waals surface area (Å²) in [4.78, 5) is 4.48. The van der Waals surface area contributed by atoms with Crippen molar-refractivity contribution < 1.29 is 9.84 Å². The molecule has 2 aromatic rings. The van der Waals surface area contributed by atoms with E-state index in [1.807, 2.05) is 19.1 Å². The zero-order valence-electron chi connectivity index (χ0n) is 11.6. The number of ether oxygens (including phenoxy) is 1. The van der Waals surface area contributed by atoms with Crippen LogP contribution in [0.15, 0.2) is 39.8 Å². The Kier molecular flexibility index (Phi) is 4.45. The van der Waals surface area contributed by atoms with Gasteiger partial charge in [0.25, 0.3) is 0 Å². The molecule has 104 valence electrons. The van der Waals surface area contributed by atoms with Crippen LogP contribution in [-0.4, -0.2) is 18.4 Å². The molecule has 0 aliphatic carbocycles. The zero-order chi connectivity index (χ0) is 14.7. The highest BCUT2D eigenvalue weighted by Gasteiger charge is 2.07. The highest BCUT2D eigenvalue weighted by atomic mass is 79.9. The Morgan fingerprint density at radius 1 is 1.20 bits per heavy atom. The molecule has 1 N–H and O–H groups in total. The summed E-state index contributed by atoms with van der Waals surface area (Å²) in [6, 6.07) is 9.67. The number of aryl methyl sites for hydroxylation is 2. The molecule has 3 nitrogen and oxygen atoms in total. The molecule has 20 heavy (non-hydrogen) atoms. The lowest BCUT2D eigenvalue weighted by atomic mass is 10.1. The minimum atomic E-state index is 0.0937. The lowest BCUT2D eigenvalue weighted by Crippen LogP contribution is -1.88. The Hall–Kier alpha value is -1.81. The van der Waals surface area contributed by atoms with E-state index in [4.69, 9.17) is 4.74 Å². The van der Waals surface area contributed by atoms with Gasteiger partial charge >= 0.3 is 0 Å². The van der Waals surface area contributed by atoms with Crippen LogP contribution in [0.3, 0.4) is 0 Å². The first kappa shape index (κ1) is 14.6. The molecule has 2 rings (SSSR count). The molecular weight excluding hydrogens is 318 g/mol. The minimum Gasteiger partial charge on any atom is -0.503 e. The molecule has 0 aliphatic rings. The van der Waals surface area contributed by atoms with Crippen LogP contribution in [-0.2, 0) is 0 Å². The van der Waals surface area contributed by atoms with Gasteiger partial charge in [-0.2, -0.15) is 0 Å². The molecule has 0 bridgehead atoms. The van der Waals surface area contributed by atoms with Crippen molar-refractivity contribution in [3.63, 3.8) is 0 Å². The third-order valence-corrected chi connectivity index (χ3v) is 3.58. The number of rotatable bonds is 3. The van der Waals surface area contributed by atoms with Crippen LogP contribution < -0.4 is 4.74 Å². The quantitative estimate of drug-likeness (QED) is 0.838. The second-order valence-electron chi connectivity index (χ2n) is 4.60. The van der Waals surface area contributed by atoms with Crippen LogP contribution in [0.5, 0.6) is 11.5 Å². The number of phenolic OH excluding ortho intramolecular Hbond substituents is 1. The summed E-state index contributed by atoms with van der Waals surface area (Å²) in [5.74, 6) is 0.512. The maximum atomic E-state index is 9.77. The number of aliphatic imine (C=N–C) groups is 1. The maximum absolute atomic E-state index is 9.77. The van der Waals surface area contributed by atoms with Crippen LogP contribution in [0, 0.1) is 13.8 Å². The van der Waals surface area contributed by atoms with Gasteiger partial charge in [0.2, 0.25) is 0 Å². The third-order valence-electron chi connectivity index (χ3n) is 2.98. The van der Waals surface area contributed by atoms with E-state index < -0.39 is 0 Å². The van der Waals surface area contributed by atoms with Crippen LogP contribution in [0.1, 0.15) is 16.7 Å². The molecule has 0 heterocycles. The number of benzene rings is 2. The van der Waals surface area contributed by atoms with Crippen molar-refractivity contribution >= 4 is 27.8 Å². The van der Waals surface area contributed by atoms with Crippen molar-refractivity contribution in [2.75, 3.05) is 7.11 Å². The molecule has 0 radical (unpaired) electrons. The first-order chi connectivity index (χ1) is 9.51. The summed E-state index contributed by atoms with van der Waals surface area (Å²) in [6.45, 7) is 4.09. The fraction of sp³-hybridized carbons (Fsp3) is 0.188. The molecule has 0 amide bonds. The second-order valence-corrected chi connectivity index (χ2v) is 5.46. The van der Waals surface area contributed by atoms with Gasteiger partial charge in [-0.05, 0) is 59.1 Å². The van der Waals surface area contributed by atoms with Gasteiger partial charge in [-0.15, -0.1) is 0 Å². The van der Waals surface area contributed by atoms with Gasteiger partial charge in [0.05, 0.1) is 17.3 Å². The molecule has 2 aromatic carbocycles. The Morgan fingerprint density at radius 3 is 2.60 bits per heavy atom. The van der Waals surface area contributed by atoms with Gasteiger partial charge < -0.3 is 9.84 Å². The van der Waals surface area contributed by atoms with E-state index in [0.29, 0.717) is 10.2 Å². The summed E-state index contributed by atoms with van der Waals surface area (Å²) in [5, 5.41) is 9.77. The van der Waals surface area contributed by atoms with E-state index in [-0.39, 0.29) is 5.75 Å². The molecule has 0 aliphatic heterocycles. The van der Waals surface area contributed by atoms with Crippen LogP contribution in [0.2, 0.25) is 0 Å². The van der Waals surface area contributed by atoms with Gasteiger partial charge in [0.1, 0.15) is 0 Å². The number of halogens is 1. The van der Waals surface area contributed by atoms with Crippen molar-refractivity contribution in [3.8, 4) is 11.5 Å². The van der Waals surface area contributed by atoms with E-state index in [1.165, 1.54) is 12.7 Å². The predicted molar refractivity (Wildman–Crippen MR) is 85.5 cm³/mol. The molecule has 0 saturated carbocycles. The Morgan fingerprint density at radius 2 is 1.95 bits per heavy atom. The predicted octanol–water partition coefficient (Wildman–Crippen LogP) is 4.53. The monoisotopic (exact) mass is 333 g/mol. The molecule has 0 saturated heterocycles. The summed E-state index contributed by atoms with van der Waals surface area (Å²) < 4.78 is 5.70. The lowest BCUT2D eigenvalue weighted by Gasteiger charge is -2.06. The van der Waals surface area contributed by atoms with Gasteiger partial charge in [-0.1, -0.05) is 17.7 Å². The summed E-state index contributed by atoms with van der Waals surface area (Å²) in [6.07, 6.45) is 1.75. The average Bonchev–Trinajstić information content (AvgIpc) is 2.41. The van der Waals surface area contributed by atoms with Gasteiger partial charge in [0, 0.05) is 6.21 Å². The summed E-state index contributed by atoms with van der Waals surface area (Å²) >= 11 is 3.30. The molecule has 0 fully saturated rings. The standard InChI is InChI=1S/C16H16BrNO2/c1-10-4-5-14(11(2)6-10)18-9-12-7-13(17)16(19)15(8-12)20-3/h4-9,19H,1-3H3. The maximum Gasteiger partial charge on any atom is 0.172 e. The number of methoxy groups -OCH3 is 1. The van der Waals surface area contributed by atoms with E-state index in [2.05, 4.69) is 33.9 Å². The van der Waals surface area contributed by atoms with E-state index >= 15 is 0 Å². The molecule has 4 heteroatoms. The van der Waals surface area contributed by atoms with Crippen molar-refractivity contribution in [1.82, 2.24) is 0 Å². The number of nitrogens with zero attached hydrogens (tertiary/aromatic N) is 1. The molecule has 0 spiro atoms. The van der Waals surface area contributed by atoms with Gasteiger partial charge in [-0.25, -0.2) is 0 Å². The molecular formula is C16H16BrNO2. The van der Waals surface area contributed by atoms with Crippen LogP contribution in [0.25, 0.3) is 0 Å². The summed E-state index contributed by atoms with van der Waals surface area (Å²) in [5.41, 5.74) is 4.13. The van der Waals surface area contributed by atoms with E-state index in [0.717, 1.165) is 16.8 Å². The Balaban J connectivity index is 2.34. The van der Waals surface area contributed by atoms with Crippen LogP contribution >= 0.6 is 15.9 Å². The fourth-order valence-electron chi connectivity index (χ4n) is 1.92. The number of aromatic hydroxyl groups is 1. The first-order valence-corrected chi connectivity index (χ1v) is 6.98. The smallest absolute Gasteiger partial charge is 0.172 e. The Bertz CT molecular complexity index is 666. The molecule has 0 unspecified atom stereocenters. The van der Waals surface area contributed by atoms with Gasteiger partial charge in [0.15, 0.2) is 11.5 Å². The molecule has 0 atom stereocenters. The topological polar surface area (TPSA) is 41.8 Å². The molecule has 0 aromatic heterocycles. The van der Waals surface area contributed by atoms with Crippen molar-refractivity contribution in [1.29, 1.82) is 0 Å². The second kappa shape index (κ2) is 6.09. The minimum absolute atomic E-state index is 0.0937. The van der Waals surface area contributed by atoms with Crippen molar-refractivity contribution in [3.05, 3.63) is 51.5 Å². The van der Waals surface area contributed by atoms with E-state index in [1.54, 1.807) is 18.3 Å². The lowest BCUT2D eigenvalue weighted by molar-refractivity contribution is 0.372. The fourth-order valence-corrected chi connectivity index (χ4v) is 2.38. The SMILES string of the molecule is COc1cc(C=Nc2ccc(C)cc2C)cc(Br)c1O. The number of phenols is 1. The van der Waals surface area contributed by atoms with E-state index in [9.17, 15) is 5.11 Å². The highest BCUT2D eigenvalue weighted by Crippen LogP contribution is 2.34. The van der Waals surface area contributed by atoms with Gasteiger partial charge in [-0.3, -0.25) is 4.99 Å². The number of hydrogen-bond acceptors (Lipinski definition) is 3. The average molecular weight is 334 g/mol. The third kappa shape index (κ3) is 3.20. The normalized spacial score (nSPS) is 11.0. The Labute approximate surface area is 127 Å². The summed E-state index contributed by atoms with van der Waals surface area (Å²) in [7, 11) is 1.52. The zero-order valence-corrected chi connectivity index (χ0v) is 13.2.